The van der Waals surface area contributed by atoms with Crippen molar-refractivity contribution >= 4 is 11.0 Å². The van der Waals surface area contributed by atoms with Gasteiger partial charge >= 0.3 is 0 Å². The van der Waals surface area contributed by atoms with Crippen molar-refractivity contribution in [1.29, 1.82) is 0 Å². The molecule has 84 valence electrons. The van der Waals surface area contributed by atoms with E-state index in [2.05, 4.69) is 20.2 Å². The van der Waals surface area contributed by atoms with E-state index in [9.17, 15) is 9.59 Å². The number of aromatic nitrogens is 4. The van der Waals surface area contributed by atoms with Crippen molar-refractivity contribution in [2.45, 2.75) is 0 Å². The molecule has 3 N–H and O–H groups in total. The van der Waals surface area contributed by atoms with Gasteiger partial charge in [0.15, 0.2) is 0 Å². The van der Waals surface area contributed by atoms with Gasteiger partial charge in [0.1, 0.15) is 5.65 Å². The summed E-state index contributed by atoms with van der Waals surface area (Å²) in [5.74, 6) is 0. The van der Waals surface area contributed by atoms with Gasteiger partial charge in [-0.3, -0.25) is 24.8 Å². The normalized spacial score (nSPS) is 10.8. The Labute approximate surface area is 94.3 Å². The number of aromatic amines is 3. The second kappa shape index (κ2) is 3.44. The average molecular weight is 228 g/mol. The first kappa shape index (κ1) is 9.59. The van der Waals surface area contributed by atoms with Crippen LogP contribution in [0.25, 0.3) is 22.2 Å². The van der Waals surface area contributed by atoms with Crippen LogP contribution in [0.2, 0.25) is 0 Å². The summed E-state index contributed by atoms with van der Waals surface area (Å²) in [6.07, 6.45) is 3.25. The van der Waals surface area contributed by atoms with E-state index >= 15 is 0 Å². The van der Waals surface area contributed by atoms with E-state index < -0.39 is 0 Å². The van der Waals surface area contributed by atoms with Crippen molar-refractivity contribution in [3.63, 3.8) is 0 Å². The summed E-state index contributed by atoms with van der Waals surface area (Å²) in [7, 11) is 0. The molecular weight excluding hydrogens is 220 g/mol. The van der Waals surface area contributed by atoms with Crippen LogP contribution < -0.4 is 11.1 Å². The van der Waals surface area contributed by atoms with Crippen molar-refractivity contribution in [1.82, 2.24) is 20.2 Å². The van der Waals surface area contributed by atoms with Gasteiger partial charge < -0.3 is 4.98 Å². The van der Waals surface area contributed by atoms with Gasteiger partial charge in [-0.15, -0.1) is 0 Å². The molecule has 0 aliphatic heterocycles. The quantitative estimate of drug-likeness (QED) is 0.569. The molecule has 0 fully saturated rings. The van der Waals surface area contributed by atoms with Gasteiger partial charge in [-0.2, -0.15) is 0 Å². The fourth-order valence-electron chi connectivity index (χ4n) is 1.82. The molecule has 0 saturated carbocycles. The smallest absolute Gasteiger partial charge is 0.274 e. The lowest BCUT2D eigenvalue weighted by molar-refractivity contribution is 1.06. The third-order valence-corrected chi connectivity index (χ3v) is 2.54. The molecular formula is C11H8N4O2. The standard InChI is InChI=1S/C11H8N4O2/c16-8-4-7(6-2-1-3-12-5-6)9-10(13-8)14-15-11(9)17/h1-5H,(H3,13,14,15,16,17). The van der Waals surface area contributed by atoms with E-state index in [-0.39, 0.29) is 11.1 Å². The zero-order chi connectivity index (χ0) is 11.8. The van der Waals surface area contributed by atoms with Gasteiger partial charge in [-0.05, 0) is 6.07 Å². The van der Waals surface area contributed by atoms with E-state index in [1.807, 2.05) is 0 Å². The van der Waals surface area contributed by atoms with Gasteiger partial charge in [0, 0.05) is 29.6 Å². The number of pyridine rings is 2. The summed E-state index contributed by atoms with van der Waals surface area (Å²) < 4.78 is 0. The molecule has 3 aromatic rings. The molecule has 6 nitrogen and oxygen atoms in total. The molecule has 0 saturated heterocycles. The van der Waals surface area contributed by atoms with Crippen LogP contribution in [-0.4, -0.2) is 20.2 Å². The van der Waals surface area contributed by atoms with E-state index in [4.69, 9.17) is 0 Å². The first-order chi connectivity index (χ1) is 8.25. The molecule has 0 atom stereocenters. The van der Waals surface area contributed by atoms with Crippen LogP contribution >= 0.6 is 0 Å². The van der Waals surface area contributed by atoms with Crippen LogP contribution in [0.1, 0.15) is 0 Å². The predicted molar refractivity (Wildman–Crippen MR) is 62.8 cm³/mol. The number of H-pyrrole nitrogens is 3. The third kappa shape index (κ3) is 1.46. The largest absolute Gasteiger partial charge is 0.307 e. The Morgan fingerprint density at radius 3 is 2.82 bits per heavy atom. The highest BCUT2D eigenvalue weighted by Gasteiger charge is 2.10. The highest BCUT2D eigenvalue weighted by Crippen LogP contribution is 2.21. The fraction of sp³-hybridized carbons (Fsp3) is 0. The van der Waals surface area contributed by atoms with Crippen LogP contribution in [-0.2, 0) is 0 Å². The molecule has 3 rings (SSSR count). The molecule has 17 heavy (non-hydrogen) atoms. The lowest BCUT2D eigenvalue weighted by atomic mass is 10.1. The molecule has 0 spiro atoms. The monoisotopic (exact) mass is 228 g/mol. The van der Waals surface area contributed by atoms with Crippen LogP contribution in [0.5, 0.6) is 0 Å². The van der Waals surface area contributed by atoms with Gasteiger partial charge in [-0.1, -0.05) is 6.07 Å². The molecule has 0 unspecified atom stereocenters. The lowest BCUT2D eigenvalue weighted by Gasteiger charge is -2.00. The minimum absolute atomic E-state index is 0.268. The Morgan fingerprint density at radius 1 is 1.18 bits per heavy atom. The zero-order valence-corrected chi connectivity index (χ0v) is 8.65. The predicted octanol–water partition coefficient (Wildman–Crippen LogP) is 0.606. The first-order valence-corrected chi connectivity index (χ1v) is 5.00. The minimum Gasteiger partial charge on any atom is -0.307 e. The summed E-state index contributed by atoms with van der Waals surface area (Å²) in [4.78, 5) is 29.7. The average Bonchev–Trinajstić information content (AvgIpc) is 2.71. The van der Waals surface area contributed by atoms with Crippen LogP contribution in [0.4, 0.5) is 0 Å². The summed E-state index contributed by atoms with van der Waals surface area (Å²) in [6, 6.07) is 4.94. The molecule has 3 heterocycles. The fourth-order valence-corrected chi connectivity index (χ4v) is 1.82. The Hall–Kier alpha value is -2.63. The number of fused-ring (bicyclic) bond motifs is 1. The number of nitrogens with zero attached hydrogens (tertiary/aromatic N) is 1. The molecule has 6 heteroatoms. The van der Waals surface area contributed by atoms with E-state index in [1.165, 1.54) is 6.07 Å². The number of rotatable bonds is 1. The van der Waals surface area contributed by atoms with Crippen molar-refractivity contribution < 1.29 is 0 Å². The maximum absolute atomic E-state index is 11.7. The van der Waals surface area contributed by atoms with Crippen molar-refractivity contribution in [3.8, 4) is 11.1 Å². The molecule has 3 aromatic heterocycles. The van der Waals surface area contributed by atoms with E-state index in [0.717, 1.165) is 5.56 Å². The van der Waals surface area contributed by atoms with Crippen LogP contribution in [0.3, 0.4) is 0 Å². The van der Waals surface area contributed by atoms with Gasteiger partial charge in [0.25, 0.3) is 5.56 Å². The van der Waals surface area contributed by atoms with Gasteiger partial charge in [-0.25, -0.2) is 0 Å². The highest BCUT2D eigenvalue weighted by atomic mass is 16.1. The minimum atomic E-state index is -0.272. The summed E-state index contributed by atoms with van der Waals surface area (Å²) in [5, 5.41) is 5.50. The highest BCUT2D eigenvalue weighted by molar-refractivity contribution is 5.91. The first-order valence-electron chi connectivity index (χ1n) is 5.00. The number of nitrogens with one attached hydrogen (secondary N) is 3. The molecule has 0 amide bonds. The maximum atomic E-state index is 11.7. The Kier molecular flexibility index (Phi) is 1.94. The van der Waals surface area contributed by atoms with Crippen molar-refractivity contribution in [3.05, 3.63) is 51.3 Å². The van der Waals surface area contributed by atoms with Crippen molar-refractivity contribution in [2.24, 2.45) is 0 Å². The van der Waals surface area contributed by atoms with E-state index in [0.29, 0.717) is 16.6 Å². The summed E-state index contributed by atoms with van der Waals surface area (Å²) >= 11 is 0. The van der Waals surface area contributed by atoms with Crippen molar-refractivity contribution in [2.75, 3.05) is 0 Å². The molecule has 0 aliphatic carbocycles. The molecule has 0 radical (unpaired) electrons. The van der Waals surface area contributed by atoms with Gasteiger partial charge in [0.05, 0.1) is 5.39 Å². The molecule has 0 aromatic carbocycles. The second-order valence-electron chi connectivity index (χ2n) is 3.62. The number of hydrogen-bond acceptors (Lipinski definition) is 3. The molecule has 0 aliphatic rings. The Morgan fingerprint density at radius 2 is 2.06 bits per heavy atom. The molecule has 0 bridgehead atoms. The third-order valence-electron chi connectivity index (χ3n) is 2.54. The van der Waals surface area contributed by atoms with Crippen LogP contribution in [0.15, 0.2) is 40.2 Å². The SMILES string of the molecule is O=c1cc(-c2cccnc2)c2c(=O)[nH][nH]c2[nH]1. The topological polar surface area (TPSA) is 94.4 Å². The summed E-state index contributed by atoms with van der Waals surface area (Å²) in [5.41, 5.74) is 1.15. The zero-order valence-electron chi connectivity index (χ0n) is 8.65. The number of hydrogen-bond donors (Lipinski definition) is 3. The Balaban J connectivity index is 2.47. The second-order valence-corrected chi connectivity index (χ2v) is 3.62. The van der Waals surface area contributed by atoms with Crippen LogP contribution in [0, 0.1) is 0 Å². The maximum Gasteiger partial charge on any atom is 0.274 e. The Bertz CT molecular complexity index is 782. The van der Waals surface area contributed by atoms with E-state index in [1.54, 1.807) is 24.5 Å². The lowest BCUT2D eigenvalue weighted by Crippen LogP contribution is -2.07. The van der Waals surface area contributed by atoms with Gasteiger partial charge in [0.2, 0.25) is 5.56 Å². The summed E-state index contributed by atoms with van der Waals surface area (Å²) in [6.45, 7) is 0.